The Morgan fingerprint density at radius 2 is 1.61 bits per heavy atom. The Morgan fingerprint density at radius 1 is 0.974 bits per heavy atom. The molecular formula is C26H26F2N6O3S. The second-order valence-corrected chi connectivity index (χ2v) is 10.5. The summed E-state index contributed by atoms with van der Waals surface area (Å²) in [5.74, 6) is -0.554. The summed E-state index contributed by atoms with van der Waals surface area (Å²) in [5.41, 5.74) is 9.71. The van der Waals surface area contributed by atoms with E-state index in [0.29, 0.717) is 52.9 Å². The van der Waals surface area contributed by atoms with E-state index in [1.807, 2.05) is 41.0 Å². The molecule has 0 bridgehead atoms. The number of hydrogen-bond donors (Lipinski definition) is 3. The number of rotatable bonds is 5. The number of anilines is 1. The van der Waals surface area contributed by atoms with Gasteiger partial charge < -0.3 is 10.7 Å². The van der Waals surface area contributed by atoms with Gasteiger partial charge in [0.15, 0.2) is 5.65 Å². The van der Waals surface area contributed by atoms with E-state index < -0.39 is 21.8 Å². The molecule has 9 nitrogen and oxygen atoms in total. The number of hydrogen-bond acceptors (Lipinski definition) is 6. The van der Waals surface area contributed by atoms with Crippen LogP contribution in [0.4, 0.5) is 14.7 Å². The Balaban J connectivity index is 0.000000617. The lowest BCUT2D eigenvalue weighted by molar-refractivity contribution is 0.490. The van der Waals surface area contributed by atoms with E-state index in [4.69, 9.17) is 15.3 Å². The maximum Gasteiger partial charge on any atom is 0.261 e. The number of aromatic nitrogens is 5. The van der Waals surface area contributed by atoms with Gasteiger partial charge in [-0.05, 0) is 30.2 Å². The molecular weight excluding hydrogens is 514 g/mol. The number of nitrogen functional groups attached to an aromatic ring is 1. The molecule has 0 atom stereocenters. The molecule has 0 aliphatic heterocycles. The number of nitrogens with zero attached hydrogens (tertiary/aromatic N) is 4. The van der Waals surface area contributed by atoms with Crippen molar-refractivity contribution in [2.75, 3.05) is 12.0 Å². The van der Waals surface area contributed by atoms with Crippen LogP contribution in [0, 0.1) is 17.6 Å². The molecule has 3 aromatic heterocycles. The highest BCUT2D eigenvalue weighted by molar-refractivity contribution is 7.85. The molecule has 0 spiro atoms. The number of fused-ring (bicyclic) bond motifs is 1. The van der Waals surface area contributed by atoms with Gasteiger partial charge in [0.2, 0.25) is 5.95 Å². The lowest BCUT2D eigenvalue weighted by Crippen LogP contribution is -2.08. The molecule has 0 aliphatic rings. The Labute approximate surface area is 218 Å². The molecule has 198 valence electrons. The summed E-state index contributed by atoms with van der Waals surface area (Å²) >= 11 is 0. The zero-order valence-corrected chi connectivity index (χ0v) is 21.7. The summed E-state index contributed by atoms with van der Waals surface area (Å²) in [5, 5.41) is 0. The maximum atomic E-state index is 14.5. The number of imidazole rings is 2. The third-order valence-electron chi connectivity index (χ3n) is 5.38. The molecule has 0 aliphatic carbocycles. The van der Waals surface area contributed by atoms with Crippen LogP contribution in [0.3, 0.4) is 0 Å². The smallest absolute Gasteiger partial charge is 0.261 e. The van der Waals surface area contributed by atoms with Crippen molar-refractivity contribution in [2.45, 2.75) is 20.4 Å². The molecule has 3 heterocycles. The van der Waals surface area contributed by atoms with Crippen LogP contribution in [0.15, 0.2) is 60.7 Å². The molecule has 0 saturated carbocycles. The van der Waals surface area contributed by atoms with E-state index >= 15 is 0 Å². The average molecular weight is 541 g/mol. The number of nitrogens with one attached hydrogen (secondary N) is 1. The van der Waals surface area contributed by atoms with E-state index in [-0.39, 0.29) is 11.4 Å². The summed E-state index contributed by atoms with van der Waals surface area (Å²) in [4.78, 5) is 16.9. The molecule has 5 rings (SSSR count). The molecule has 2 aromatic carbocycles. The van der Waals surface area contributed by atoms with E-state index in [2.05, 4.69) is 28.8 Å². The van der Waals surface area contributed by atoms with E-state index in [1.165, 1.54) is 18.2 Å². The molecule has 0 amide bonds. The minimum atomic E-state index is -3.67. The third-order valence-corrected chi connectivity index (χ3v) is 5.38. The predicted molar refractivity (Wildman–Crippen MR) is 143 cm³/mol. The molecule has 0 saturated heterocycles. The number of halogens is 2. The minimum Gasteiger partial charge on any atom is -0.369 e. The van der Waals surface area contributed by atoms with Gasteiger partial charge in [-0.15, -0.1) is 0 Å². The highest BCUT2D eigenvalue weighted by atomic mass is 32.2. The molecule has 0 fully saturated rings. The molecule has 38 heavy (non-hydrogen) atoms. The molecule has 0 radical (unpaired) electrons. The number of aromatic amines is 1. The highest BCUT2D eigenvalue weighted by Crippen LogP contribution is 2.34. The number of benzene rings is 2. The van der Waals surface area contributed by atoms with Crippen molar-refractivity contribution in [1.29, 1.82) is 0 Å². The number of nitrogens with two attached hydrogens (primary N) is 1. The highest BCUT2D eigenvalue weighted by Gasteiger charge is 2.21. The Morgan fingerprint density at radius 3 is 2.21 bits per heavy atom. The first kappa shape index (κ1) is 26.9. The first-order chi connectivity index (χ1) is 17.9. The van der Waals surface area contributed by atoms with Crippen molar-refractivity contribution in [3.63, 3.8) is 0 Å². The topological polar surface area (TPSA) is 140 Å². The number of H-pyrrole nitrogens is 1. The van der Waals surface area contributed by atoms with Crippen molar-refractivity contribution in [2.24, 2.45) is 5.92 Å². The predicted octanol–water partition coefficient (Wildman–Crippen LogP) is 5.18. The Hall–Kier alpha value is -4.16. The number of pyridine rings is 1. The quantitative estimate of drug-likeness (QED) is 0.261. The van der Waals surface area contributed by atoms with Gasteiger partial charge >= 0.3 is 0 Å². The summed E-state index contributed by atoms with van der Waals surface area (Å²) < 4.78 is 56.8. The molecule has 12 heteroatoms. The van der Waals surface area contributed by atoms with Crippen LogP contribution < -0.4 is 5.73 Å². The Bertz CT molecular complexity index is 1670. The third kappa shape index (κ3) is 6.03. The maximum absolute atomic E-state index is 14.5. The normalized spacial score (nSPS) is 11.6. The van der Waals surface area contributed by atoms with E-state index in [0.717, 1.165) is 5.56 Å². The summed E-state index contributed by atoms with van der Waals surface area (Å²) in [6.07, 6.45) is 0.715. The van der Waals surface area contributed by atoms with Crippen LogP contribution in [0.2, 0.25) is 0 Å². The van der Waals surface area contributed by atoms with Crippen LogP contribution in [-0.4, -0.2) is 43.7 Å². The summed E-state index contributed by atoms with van der Waals surface area (Å²) in [6.45, 7) is 4.85. The van der Waals surface area contributed by atoms with Gasteiger partial charge in [0.25, 0.3) is 10.1 Å². The van der Waals surface area contributed by atoms with E-state index in [1.54, 1.807) is 6.07 Å². The molecule has 0 unspecified atom stereocenters. The zero-order valence-electron chi connectivity index (χ0n) is 20.9. The van der Waals surface area contributed by atoms with Gasteiger partial charge in [-0.2, -0.15) is 8.42 Å². The zero-order chi connectivity index (χ0) is 27.6. The van der Waals surface area contributed by atoms with Crippen LogP contribution >= 0.6 is 0 Å². The van der Waals surface area contributed by atoms with Crippen LogP contribution in [-0.2, 0) is 16.7 Å². The monoisotopic (exact) mass is 540 g/mol. The molecule has 4 N–H and O–H groups in total. The fourth-order valence-corrected chi connectivity index (χ4v) is 3.91. The van der Waals surface area contributed by atoms with Crippen LogP contribution in [0.25, 0.3) is 45.2 Å². The largest absolute Gasteiger partial charge is 0.369 e. The van der Waals surface area contributed by atoms with Crippen molar-refractivity contribution < 1.29 is 21.8 Å². The average Bonchev–Trinajstić information content (AvgIpc) is 3.39. The van der Waals surface area contributed by atoms with Gasteiger partial charge in [-0.25, -0.2) is 23.7 Å². The van der Waals surface area contributed by atoms with Crippen LogP contribution in [0.5, 0.6) is 0 Å². The van der Waals surface area contributed by atoms with Crippen molar-refractivity contribution >= 4 is 27.2 Å². The summed E-state index contributed by atoms with van der Waals surface area (Å²) in [6, 6.07) is 16.8. The summed E-state index contributed by atoms with van der Waals surface area (Å²) in [7, 11) is -3.67. The lowest BCUT2D eigenvalue weighted by Gasteiger charge is -2.09. The standard InChI is InChI=1S/C25H22F2N6.CH4O3S/c1-14(2)13-33-24-19(30-25(33)28)12-11-18(29-24)22-21(15-7-4-3-5-8-15)31-23(32-22)20-16(26)9-6-10-17(20)27;1-5(2,3)4/h3-12,14H,13H2,1-2H3,(H2,28,30)(H,31,32);1H3,(H,2,3,4). The van der Waals surface area contributed by atoms with E-state index in [9.17, 15) is 17.2 Å². The van der Waals surface area contributed by atoms with Gasteiger partial charge in [-0.3, -0.25) is 9.12 Å². The Kier molecular flexibility index (Phi) is 7.56. The van der Waals surface area contributed by atoms with Gasteiger partial charge in [-0.1, -0.05) is 50.2 Å². The van der Waals surface area contributed by atoms with Crippen LogP contribution in [0.1, 0.15) is 13.8 Å². The van der Waals surface area contributed by atoms with Crippen molar-refractivity contribution in [3.05, 3.63) is 72.3 Å². The fourth-order valence-electron chi connectivity index (χ4n) is 3.91. The first-order valence-electron chi connectivity index (χ1n) is 11.6. The van der Waals surface area contributed by atoms with Crippen molar-refractivity contribution in [3.8, 4) is 34.0 Å². The fraction of sp³-hybridized carbons (Fsp3) is 0.192. The second kappa shape index (κ2) is 10.7. The van der Waals surface area contributed by atoms with Gasteiger partial charge in [0, 0.05) is 12.1 Å². The van der Waals surface area contributed by atoms with Crippen molar-refractivity contribution in [1.82, 2.24) is 24.5 Å². The van der Waals surface area contributed by atoms with Gasteiger partial charge in [0.05, 0.1) is 28.9 Å². The molecule has 5 aromatic rings. The first-order valence-corrected chi connectivity index (χ1v) is 13.4. The van der Waals surface area contributed by atoms with Gasteiger partial charge in [0.1, 0.15) is 23.0 Å². The lowest BCUT2D eigenvalue weighted by atomic mass is 10.1. The minimum absolute atomic E-state index is 0.0940. The SMILES string of the molecule is CC(C)Cn1c(N)nc2ccc(-c3[nH]c(-c4c(F)cccc4F)nc3-c3ccccc3)nc21.CS(=O)(=O)O. The second-order valence-electron chi connectivity index (χ2n) is 9.02.